The van der Waals surface area contributed by atoms with E-state index in [9.17, 15) is 0 Å². The highest BCUT2D eigenvalue weighted by Gasteiger charge is 2.06. The Hall–Kier alpha value is -0.680. The molecule has 0 aliphatic rings. The van der Waals surface area contributed by atoms with Gasteiger partial charge in [0.1, 0.15) is 0 Å². The summed E-state index contributed by atoms with van der Waals surface area (Å²) in [5.74, 6) is 0. The second kappa shape index (κ2) is 5.93. The van der Waals surface area contributed by atoms with E-state index in [4.69, 9.17) is 5.73 Å². The number of nitrogen functional groups attached to an aromatic ring is 1. The topological polar surface area (TPSA) is 26.0 Å². The molecule has 0 aliphatic heterocycles. The summed E-state index contributed by atoms with van der Waals surface area (Å²) in [6.07, 6.45) is 3.06. The summed E-state index contributed by atoms with van der Waals surface area (Å²) >= 11 is 0. The minimum Gasteiger partial charge on any atom is -0.392 e. The van der Waals surface area contributed by atoms with Crippen LogP contribution in [-0.2, 0) is 19.3 Å². The molecular weight excluding hydrogens is 238 g/mol. The summed E-state index contributed by atoms with van der Waals surface area (Å²) < 4.78 is 0. The lowest BCUT2D eigenvalue weighted by atomic mass is 9.96. The quantitative estimate of drug-likeness (QED) is 0.883. The fraction of sp³-hybridized carbons (Fsp3) is 0.500. The Morgan fingerprint density at radius 1 is 0.929 bits per heavy atom. The Morgan fingerprint density at radius 2 is 1.50 bits per heavy atom. The molecule has 0 fully saturated rings. The smallest absolute Gasteiger partial charge is 0.0866 e. The fourth-order valence-corrected chi connectivity index (χ4v) is 1.77. The van der Waals surface area contributed by atoms with E-state index in [1.165, 1.54) is 16.7 Å². The van der Waals surface area contributed by atoms with Gasteiger partial charge in [0.25, 0.3) is 0 Å². The van der Waals surface area contributed by atoms with E-state index in [1.54, 1.807) is 0 Å². The predicted octanol–water partition coefficient (Wildman–Crippen LogP) is 3.13. The van der Waals surface area contributed by atoms with Crippen LogP contribution in [0.5, 0.6) is 0 Å². The molecule has 0 aromatic heterocycles. The van der Waals surface area contributed by atoms with Gasteiger partial charge in [-0.3, -0.25) is 0 Å². The molecule has 0 spiro atoms. The molecule has 0 unspecified atom stereocenters. The summed E-state index contributed by atoms with van der Waals surface area (Å²) in [7, 11) is 0. The first-order valence-corrected chi connectivity index (χ1v) is 4.97. The molecule has 0 heterocycles. The van der Waals surface area contributed by atoms with Gasteiger partial charge in [0.05, 0.1) is 5.69 Å². The van der Waals surface area contributed by atoms with Crippen LogP contribution in [0.2, 0.25) is 0 Å². The number of nitrogens with two attached hydrogens (primary N) is 1. The molecule has 1 rings (SSSR count). The zero-order chi connectivity index (χ0) is 9.84. The zero-order valence-electron chi connectivity index (χ0n) is 9.11. The van der Waals surface area contributed by atoms with Gasteiger partial charge in [-0.1, -0.05) is 26.8 Å². The third-order valence-corrected chi connectivity index (χ3v) is 2.46. The lowest BCUT2D eigenvalue weighted by molar-refractivity contribution is 0.987. The van der Waals surface area contributed by atoms with Crippen LogP contribution in [0.25, 0.3) is 0 Å². The van der Waals surface area contributed by atoms with Gasteiger partial charge in [-0.2, -0.15) is 0 Å². The van der Waals surface area contributed by atoms with Gasteiger partial charge in [-0.05, 0) is 36.5 Å². The van der Waals surface area contributed by atoms with Crippen LogP contribution in [-0.4, -0.2) is 0 Å². The summed E-state index contributed by atoms with van der Waals surface area (Å²) in [5.41, 5.74) is 10.5. The molecule has 78 valence electrons. The Kier molecular flexibility index (Phi) is 5.64. The second-order valence-corrected chi connectivity index (χ2v) is 3.16. The third kappa shape index (κ3) is 2.42. The highest BCUT2D eigenvalue weighted by Crippen LogP contribution is 2.19. The molecule has 1 aromatic rings. The van der Waals surface area contributed by atoms with Crippen LogP contribution in [0, 0.1) is 12.1 Å². The van der Waals surface area contributed by atoms with Crippen molar-refractivity contribution in [1.82, 2.24) is 0 Å². The highest BCUT2D eigenvalue weighted by atomic mass is 79.9. The number of halogens is 1. The van der Waals surface area contributed by atoms with Gasteiger partial charge in [0.15, 0.2) is 0 Å². The first kappa shape index (κ1) is 13.3. The molecule has 1 aromatic carbocycles. The molecule has 14 heavy (non-hydrogen) atoms. The van der Waals surface area contributed by atoms with Crippen LogP contribution < -0.4 is 5.73 Å². The van der Waals surface area contributed by atoms with E-state index in [2.05, 4.69) is 32.9 Å². The number of hydrogen-bond donors (Lipinski definition) is 1. The normalized spacial score (nSPS) is 9.07. The van der Waals surface area contributed by atoms with Crippen molar-refractivity contribution in [3.05, 3.63) is 28.8 Å². The van der Waals surface area contributed by atoms with Gasteiger partial charge in [-0.15, -0.1) is 17.0 Å². The van der Waals surface area contributed by atoms with E-state index in [0.29, 0.717) is 0 Å². The standard InChI is InChI=1S/C12H17N.BrH/c1-4-9-7-8-12(13)11(6-3)10(9)5-2;/h4-6,13H2,1-3H3;1H. The van der Waals surface area contributed by atoms with Crippen LogP contribution in [0.1, 0.15) is 37.5 Å². The van der Waals surface area contributed by atoms with Crippen molar-refractivity contribution < 1.29 is 0 Å². The minimum absolute atomic E-state index is 0. The summed E-state index contributed by atoms with van der Waals surface area (Å²) in [6.45, 7) is 6.45. The highest BCUT2D eigenvalue weighted by molar-refractivity contribution is 8.93. The summed E-state index contributed by atoms with van der Waals surface area (Å²) in [5, 5.41) is 0. The first-order valence-electron chi connectivity index (χ1n) is 4.97. The maximum Gasteiger partial charge on any atom is 0.0866 e. The minimum atomic E-state index is 0. The van der Waals surface area contributed by atoms with Gasteiger partial charge in [0, 0.05) is 5.56 Å². The van der Waals surface area contributed by atoms with Crippen molar-refractivity contribution in [3.63, 3.8) is 0 Å². The Labute approximate surface area is 97.5 Å². The van der Waals surface area contributed by atoms with Gasteiger partial charge in [-0.25, -0.2) is 0 Å². The molecule has 0 bridgehead atoms. The van der Waals surface area contributed by atoms with Crippen molar-refractivity contribution in [2.75, 3.05) is 5.73 Å². The van der Waals surface area contributed by atoms with Crippen molar-refractivity contribution >= 4 is 22.7 Å². The molecule has 0 amide bonds. The average molecular weight is 256 g/mol. The van der Waals surface area contributed by atoms with Crippen LogP contribution in [0.3, 0.4) is 0 Å². The zero-order valence-corrected chi connectivity index (χ0v) is 10.8. The maximum absolute atomic E-state index is 5.84. The number of anilines is 1. The molecule has 0 saturated carbocycles. The molecule has 2 heteroatoms. The maximum atomic E-state index is 5.84. The van der Waals surface area contributed by atoms with Crippen molar-refractivity contribution in [2.45, 2.75) is 40.0 Å². The largest absolute Gasteiger partial charge is 0.392 e. The Bertz CT molecular complexity index is 295. The molecular formula is C12H18BrN. The van der Waals surface area contributed by atoms with Crippen molar-refractivity contribution in [3.8, 4) is 0 Å². The van der Waals surface area contributed by atoms with E-state index in [-0.39, 0.29) is 17.0 Å². The predicted molar refractivity (Wildman–Crippen MR) is 67.0 cm³/mol. The monoisotopic (exact) mass is 255 g/mol. The lowest BCUT2D eigenvalue weighted by Gasteiger charge is -2.09. The van der Waals surface area contributed by atoms with Gasteiger partial charge < -0.3 is 5.73 Å². The van der Waals surface area contributed by atoms with Gasteiger partial charge >= 0.3 is 0 Å². The van der Waals surface area contributed by atoms with E-state index >= 15 is 0 Å². The average Bonchev–Trinajstić information content (AvgIpc) is 2.17. The molecule has 0 atom stereocenters. The van der Waals surface area contributed by atoms with Gasteiger partial charge in [0.2, 0.25) is 0 Å². The molecule has 0 radical (unpaired) electrons. The number of hydrogen-bond acceptors (Lipinski definition) is 1. The lowest BCUT2D eigenvalue weighted by Crippen LogP contribution is -2.01. The van der Waals surface area contributed by atoms with E-state index in [0.717, 1.165) is 24.9 Å². The second-order valence-electron chi connectivity index (χ2n) is 3.16. The van der Waals surface area contributed by atoms with Crippen LogP contribution >= 0.6 is 17.0 Å². The van der Waals surface area contributed by atoms with Crippen molar-refractivity contribution in [2.24, 2.45) is 0 Å². The van der Waals surface area contributed by atoms with Crippen LogP contribution in [0.15, 0.2) is 0 Å². The molecule has 1 nitrogen and oxygen atoms in total. The first-order chi connectivity index (χ1) is 6.24. The Balaban J connectivity index is 0.00000169. The third-order valence-electron chi connectivity index (χ3n) is 2.46. The summed E-state index contributed by atoms with van der Waals surface area (Å²) in [6, 6.07) is 6.13. The Morgan fingerprint density at radius 3 is 1.93 bits per heavy atom. The SMILES string of the molecule is Br.CCc1c#cc(N)c(CC)c1CC. The molecule has 2 N–H and O–H groups in total. The summed E-state index contributed by atoms with van der Waals surface area (Å²) in [4.78, 5) is 0. The van der Waals surface area contributed by atoms with E-state index < -0.39 is 0 Å². The fourth-order valence-electron chi connectivity index (χ4n) is 1.77. The van der Waals surface area contributed by atoms with Crippen LogP contribution in [0.4, 0.5) is 5.69 Å². The van der Waals surface area contributed by atoms with Crippen molar-refractivity contribution in [1.29, 1.82) is 0 Å². The molecule has 0 aliphatic carbocycles. The van der Waals surface area contributed by atoms with E-state index in [1.807, 2.05) is 0 Å². The molecule has 0 saturated heterocycles. The number of rotatable bonds is 3.